The van der Waals surface area contributed by atoms with E-state index in [4.69, 9.17) is 15.2 Å². The van der Waals surface area contributed by atoms with E-state index >= 15 is 0 Å². The van der Waals surface area contributed by atoms with Crippen molar-refractivity contribution in [1.82, 2.24) is 4.90 Å². The monoisotopic (exact) mass is 264 g/mol. The Hall–Kier alpha value is -2.17. The minimum absolute atomic E-state index is 0.105. The van der Waals surface area contributed by atoms with Crippen LogP contribution in [0.15, 0.2) is 36.7 Å². The predicted octanol–water partition coefficient (Wildman–Crippen LogP) is 1.74. The van der Waals surface area contributed by atoms with Crippen LogP contribution in [-0.4, -0.2) is 31.5 Å². The van der Waals surface area contributed by atoms with Crippen LogP contribution in [0.3, 0.4) is 0 Å². The zero-order chi connectivity index (χ0) is 14.1. The van der Waals surface area contributed by atoms with Gasteiger partial charge in [-0.1, -0.05) is 6.07 Å². The van der Waals surface area contributed by atoms with Gasteiger partial charge in [0.1, 0.15) is 17.8 Å². The van der Waals surface area contributed by atoms with Gasteiger partial charge < -0.3 is 20.1 Å². The fourth-order valence-corrected chi connectivity index (χ4v) is 1.39. The molecular weight excluding hydrogens is 244 g/mol. The fraction of sp³-hybridized carbons (Fsp3) is 0.357. The van der Waals surface area contributed by atoms with Crippen LogP contribution >= 0.6 is 0 Å². The second-order valence-electron chi connectivity index (χ2n) is 4.16. The highest BCUT2D eigenvalue weighted by atomic mass is 16.5. The Bertz CT molecular complexity index is 430. The fourth-order valence-electron chi connectivity index (χ4n) is 1.39. The first-order chi connectivity index (χ1) is 9.13. The van der Waals surface area contributed by atoms with Crippen molar-refractivity contribution in [3.05, 3.63) is 36.7 Å². The molecule has 104 valence electrons. The van der Waals surface area contributed by atoms with Crippen LogP contribution in [0.5, 0.6) is 11.5 Å². The van der Waals surface area contributed by atoms with Gasteiger partial charge in [0.2, 0.25) is 5.91 Å². The maximum atomic E-state index is 11.4. The second-order valence-corrected chi connectivity index (χ2v) is 4.16. The molecule has 0 saturated heterocycles. The number of hydrogen-bond donors (Lipinski definition) is 1. The van der Waals surface area contributed by atoms with Crippen LogP contribution in [-0.2, 0) is 4.79 Å². The van der Waals surface area contributed by atoms with Gasteiger partial charge in [0, 0.05) is 32.8 Å². The first kappa shape index (κ1) is 14.9. The first-order valence-electron chi connectivity index (χ1n) is 6.10. The van der Waals surface area contributed by atoms with Crippen molar-refractivity contribution in [1.29, 1.82) is 0 Å². The van der Waals surface area contributed by atoms with Gasteiger partial charge in [-0.3, -0.25) is 4.79 Å². The third-order valence-electron chi connectivity index (χ3n) is 2.39. The van der Waals surface area contributed by atoms with E-state index in [1.54, 1.807) is 25.1 Å². The summed E-state index contributed by atoms with van der Waals surface area (Å²) in [5, 5.41) is 0. The van der Waals surface area contributed by atoms with E-state index in [9.17, 15) is 4.79 Å². The summed E-state index contributed by atoms with van der Waals surface area (Å²) in [6.07, 6.45) is 3.89. The average molecular weight is 264 g/mol. The van der Waals surface area contributed by atoms with Crippen molar-refractivity contribution in [2.24, 2.45) is 5.73 Å². The molecule has 1 amide bonds. The highest BCUT2D eigenvalue weighted by Crippen LogP contribution is 2.19. The molecule has 5 heteroatoms. The summed E-state index contributed by atoms with van der Waals surface area (Å²) in [6, 6.07) is 7.25. The van der Waals surface area contributed by atoms with Crippen LogP contribution in [0.25, 0.3) is 0 Å². The molecule has 0 atom stereocenters. The first-order valence-corrected chi connectivity index (χ1v) is 6.10. The van der Waals surface area contributed by atoms with E-state index in [2.05, 4.69) is 0 Å². The maximum absolute atomic E-state index is 11.4. The molecule has 1 aromatic rings. The molecule has 0 aliphatic heterocycles. The molecule has 0 spiro atoms. The molecule has 1 rings (SSSR count). The molecular formula is C14H20N2O3. The minimum Gasteiger partial charge on any atom is -0.493 e. The molecule has 0 aliphatic rings. The molecule has 1 aromatic carbocycles. The van der Waals surface area contributed by atoms with E-state index in [-0.39, 0.29) is 5.91 Å². The van der Waals surface area contributed by atoms with E-state index < -0.39 is 0 Å². The number of amides is 1. The number of carbonyl (C=O) groups excluding carboxylic acids is 1. The van der Waals surface area contributed by atoms with E-state index in [0.29, 0.717) is 30.9 Å². The van der Waals surface area contributed by atoms with Gasteiger partial charge in [0.05, 0.1) is 6.61 Å². The van der Waals surface area contributed by atoms with Gasteiger partial charge in [-0.2, -0.15) is 0 Å². The molecule has 0 radical (unpaired) electrons. The van der Waals surface area contributed by atoms with Crippen LogP contribution in [0.4, 0.5) is 0 Å². The lowest BCUT2D eigenvalue weighted by molar-refractivity contribution is -0.128. The number of nitrogens with two attached hydrogens (primary N) is 1. The van der Waals surface area contributed by atoms with Crippen LogP contribution in [0.1, 0.15) is 12.8 Å². The Morgan fingerprint density at radius 2 is 2.11 bits per heavy atom. The summed E-state index contributed by atoms with van der Waals surface area (Å²) in [6.45, 7) is 0.496. The lowest BCUT2D eigenvalue weighted by Crippen LogP contribution is -2.21. The van der Waals surface area contributed by atoms with Crippen molar-refractivity contribution in [3.63, 3.8) is 0 Å². The Morgan fingerprint density at radius 3 is 2.79 bits per heavy atom. The molecule has 5 nitrogen and oxygen atoms in total. The third kappa shape index (κ3) is 5.81. The molecule has 0 aliphatic carbocycles. The van der Waals surface area contributed by atoms with Crippen LogP contribution < -0.4 is 15.2 Å². The second kappa shape index (κ2) is 8.02. The van der Waals surface area contributed by atoms with E-state index in [1.807, 2.05) is 18.2 Å². The topological polar surface area (TPSA) is 64.8 Å². The Kier molecular flexibility index (Phi) is 6.29. The molecule has 0 heterocycles. The zero-order valence-electron chi connectivity index (χ0n) is 11.3. The van der Waals surface area contributed by atoms with Crippen molar-refractivity contribution in [2.75, 3.05) is 20.7 Å². The van der Waals surface area contributed by atoms with Crippen molar-refractivity contribution < 1.29 is 14.3 Å². The highest BCUT2D eigenvalue weighted by Gasteiger charge is 2.03. The van der Waals surface area contributed by atoms with Gasteiger partial charge in [0.25, 0.3) is 0 Å². The SMILES string of the molecule is CN(C)C(=O)CCCOc1cccc(O/C=C/N)c1. The van der Waals surface area contributed by atoms with Gasteiger partial charge in [-0.05, 0) is 18.6 Å². The standard InChI is InChI=1S/C14H20N2O3/c1-16(2)14(17)7-4-9-18-12-5-3-6-13(11-12)19-10-8-15/h3,5-6,8,10-11H,4,7,9,15H2,1-2H3/b10-8+. The number of carbonyl (C=O) groups is 1. The van der Waals surface area contributed by atoms with Gasteiger partial charge in [0.15, 0.2) is 0 Å². The third-order valence-corrected chi connectivity index (χ3v) is 2.39. The quantitative estimate of drug-likeness (QED) is 0.602. The number of nitrogens with zero attached hydrogens (tertiary/aromatic N) is 1. The highest BCUT2D eigenvalue weighted by molar-refractivity contribution is 5.75. The average Bonchev–Trinajstić information content (AvgIpc) is 2.41. The summed E-state index contributed by atoms with van der Waals surface area (Å²) >= 11 is 0. The van der Waals surface area contributed by atoms with E-state index in [1.165, 1.54) is 12.5 Å². The smallest absolute Gasteiger partial charge is 0.222 e. The van der Waals surface area contributed by atoms with Crippen molar-refractivity contribution in [2.45, 2.75) is 12.8 Å². The van der Waals surface area contributed by atoms with Gasteiger partial charge in [-0.15, -0.1) is 0 Å². The predicted molar refractivity (Wildman–Crippen MR) is 73.8 cm³/mol. The Balaban J connectivity index is 2.35. The maximum Gasteiger partial charge on any atom is 0.222 e. The summed E-state index contributed by atoms with van der Waals surface area (Å²) in [5.41, 5.74) is 5.19. The number of benzene rings is 1. The summed E-state index contributed by atoms with van der Waals surface area (Å²) in [7, 11) is 3.49. The zero-order valence-corrected chi connectivity index (χ0v) is 11.3. The summed E-state index contributed by atoms with van der Waals surface area (Å²) < 4.78 is 10.8. The lowest BCUT2D eigenvalue weighted by Gasteiger charge is -2.10. The van der Waals surface area contributed by atoms with E-state index in [0.717, 1.165) is 0 Å². The number of hydrogen-bond acceptors (Lipinski definition) is 4. The molecule has 0 unspecified atom stereocenters. The van der Waals surface area contributed by atoms with Gasteiger partial charge >= 0.3 is 0 Å². The number of rotatable bonds is 7. The molecule has 0 aromatic heterocycles. The lowest BCUT2D eigenvalue weighted by atomic mass is 10.3. The van der Waals surface area contributed by atoms with Crippen molar-refractivity contribution in [3.8, 4) is 11.5 Å². The largest absolute Gasteiger partial charge is 0.493 e. The Labute approximate surface area is 113 Å². The van der Waals surface area contributed by atoms with Crippen LogP contribution in [0, 0.1) is 0 Å². The minimum atomic E-state index is 0.105. The Morgan fingerprint density at radius 1 is 1.37 bits per heavy atom. The molecule has 2 N–H and O–H groups in total. The molecule has 0 bridgehead atoms. The number of ether oxygens (including phenoxy) is 2. The summed E-state index contributed by atoms with van der Waals surface area (Å²) in [4.78, 5) is 12.9. The van der Waals surface area contributed by atoms with Crippen LogP contribution in [0.2, 0.25) is 0 Å². The molecule has 0 saturated carbocycles. The van der Waals surface area contributed by atoms with Crippen molar-refractivity contribution >= 4 is 5.91 Å². The molecule has 0 fully saturated rings. The normalized spacial score (nSPS) is 10.4. The summed E-state index contributed by atoms with van der Waals surface area (Å²) in [5.74, 6) is 1.47. The molecule has 19 heavy (non-hydrogen) atoms. The van der Waals surface area contributed by atoms with Gasteiger partial charge in [-0.25, -0.2) is 0 Å².